The molecule has 0 aliphatic carbocycles. The van der Waals surface area contributed by atoms with Gasteiger partial charge in [-0.3, -0.25) is 14.6 Å². The van der Waals surface area contributed by atoms with Gasteiger partial charge in [-0.05, 0) is 12.5 Å². The number of aromatic nitrogens is 3. The number of amides is 1. The third kappa shape index (κ3) is 3.71. The van der Waals surface area contributed by atoms with Crippen LogP contribution in [-0.2, 0) is 12.8 Å². The number of anilines is 1. The van der Waals surface area contributed by atoms with E-state index in [1.165, 1.54) is 14.2 Å². The van der Waals surface area contributed by atoms with Crippen LogP contribution in [0.1, 0.15) is 21.6 Å². The van der Waals surface area contributed by atoms with Crippen molar-refractivity contribution in [2.45, 2.75) is 12.8 Å². The highest BCUT2D eigenvalue weighted by molar-refractivity contribution is 5.96. The Labute approximate surface area is 156 Å². The fourth-order valence-electron chi connectivity index (χ4n) is 3.04. The van der Waals surface area contributed by atoms with E-state index in [0.717, 1.165) is 5.69 Å². The number of hydrogen-bond acceptors (Lipinski definition) is 7. The Morgan fingerprint density at radius 2 is 1.89 bits per heavy atom. The molecule has 0 saturated carbocycles. The molecule has 0 radical (unpaired) electrons. The highest BCUT2D eigenvalue weighted by Crippen LogP contribution is 2.22. The fraction of sp³-hybridized carbons (Fsp3) is 0.444. The molecule has 9 nitrogen and oxygen atoms in total. The lowest BCUT2D eigenvalue weighted by Crippen LogP contribution is -2.33. The van der Waals surface area contributed by atoms with Crippen LogP contribution in [0.25, 0.3) is 0 Å². The fourth-order valence-corrected chi connectivity index (χ4v) is 3.04. The molecule has 9 heteroatoms. The number of aromatic amines is 1. The molecule has 1 amide bonds. The number of nitrogens with zero attached hydrogens (tertiary/aromatic N) is 4. The molecule has 0 unspecified atom stereocenters. The highest BCUT2D eigenvalue weighted by atomic mass is 16.5. The van der Waals surface area contributed by atoms with Gasteiger partial charge in [0.05, 0.1) is 19.9 Å². The molecule has 144 valence electrons. The molecular weight excluding hydrogens is 350 g/mol. The Kier molecular flexibility index (Phi) is 5.29. The standard InChI is InChI=1S/C18H23N5O4/c1-22(2)18-19-13-8-10-23(9-7-11(13)15(24)21-18)17(25)12-5-6-14(26-3)20-16(12)27-4/h5-6H,7-10H2,1-4H3,(H,19,21,24). The van der Waals surface area contributed by atoms with E-state index in [1.54, 1.807) is 21.9 Å². The van der Waals surface area contributed by atoms with E-state index in [2.05, 4.69) is 15.0 Å². The van der Waals surface area contributed by atoms with Crippen molar-refractivity contribution in [3.8, 4) is 11.8 Å². The van der Waals surface area contributed by atoms with Crippen molar-refractivity contribution in [3.63, 3.8) is 0 Å². The van der Waals surface area contributed by atoms with Gasteiger partial charge in [-0.1, -0.05) is 0 Å². The summed E-state index contributed by atoms with van der Waals surface area (Å²) >= 11 is 0. The normalized spacial score (nSPS) is 13.6. The maximum absolute atomic E-state index is 13.0. The van der Waals surface area contributed by atoms with Crippen LogP contribution >= 0.6 is 0 Å². The van der Waals surface area contributed by atoms with Crippen LogP contribution in [0, 0.1) is 0 Å². The lowest BCUT2D eigenvalue weighted by molar-refractivity contribution is 0.0758. The summed E-state index contributed by atoms with van der Waals surface area (Å²) in [5.41, 5.74) is 1.58. The van der Waals surface area contributed by atoms with Gasteiger partial charge < -0.3 is 19.3 Å². The molecule has 27 heavy (non-hydrogen) atoms. The Balaban J connectivity index is 1.85. The number of rotatable bonds is 4. The number of carbonyl (C=O) groups is 1. The average Bonchev–Trinajstić information content (AvgIpc) is 2.89. The zero-order chi connectivity index (χ0) is 19.6. The topological polar surface area (TPSA) is 101 Å². The van der Waals surface area contributed by atoms with Crippen LogP contribution in [-0.4, -0.2) is 67.2 Å². The van der Waals surface area contributed by atoms with Crippen LogP contribution in [0.15, 0.2) is 16.9 Å². The molecule has 2 aromatic rings. The van der Waals surface area contributed by atoms with Crippen LogP contribution in [0.4, 0.5) is 5.95 Å². The first kappa shape index (κ1) is 18.7. The number of hydrogen-bond donors (Lipinski definition) is 1. The van der Waals surface area contributed by atoms with E-state index in [9.17, 15) is 9.59 Å². The first-order valence-electron chi connectivity index (χ1n) is 8.62. The SMILES string of the molecule is COc1ccc(C(=O)N2CCc3nc(N(C)C)[nH]c(=O)c3CC2)c(OC)n1. The zero-order valence-corrected chi connectivity index (χ0v) is 15.9. The van der Waals surface area contributed by atoms with Gasteiger partial charge in [0.15, 0.2) is 0 Å². The van der Waals surface area contributed by atoms with E-state index < -0.39 is 0 Å². The number of fused-ring (bicyclic) bond motifs is 1. The van der Waals surface area contributed by atoms with E-state index in [-0.39, 0.29) is 17.3 Å². The summed E-state index contributed by atoms with van der Waals surface area (Å²) in [5.74, 6) is 0.907. The second-order valence-electron chi connectivity index (χ2n) is 6.41. The summed E-state index contributed by atoms with van der Waals surface area (Å²) in [4.78, 5) is 40.3. The highest BCUT2D eigenvalue weighted by Gasteiger charge is 2.25. The Hall–Kier alpha value is -3.10. The van der Waals surface area contributed by atoms with Gasteiger partial charge in [0.1, 0.15) is 5.56 Å². The van der Waals surface area contributed by atoms with Gasteiger partial charge in [0.2, 0.25) is 17.7 Å². The van der Waals surface area contributed by atoms with Crippen molar-refractivity contribution in [1.29, 1.82) is 0 Å². The lowest BCUT2D eigenvalue weighted by Gasteiger charge is -2.21. The number of carbonyl (C=O) groups excluding carboxylic acids is 1. The Morgan fingerprint density at radius 1 is 1.15 bits per heavy atom. The predicted octanol–water partition coefficient (Wildman–Crippen LogP) is 0.489. The third-order valence-electron chi connectivity index (χ3n) is 4.52. The first-order valence-corrected chi connectivity index (χ1v) is 8.62. The van der Waals surface area contributed by atoms with E-state index in [4.69, 9.17) is 9.47 Å². The van der Waals surface area contributed by atoms with Crippen molar-refractivity contribution in [2.24, 2.45) is 0 Å². The molecule has 0 spiro atoms. The van der Waals surface area contributed by atoms with Crippen molar-refractivity contribution in [1.82, 2.24) is 19.9 Å². The molecule has 0 fully saturated rings. The van der Waals surface area contributed by atoms with Crippen molar-refractivity contribution < 1.29 is 14.3 Å². The lowest BCUT2D eigenvalue weighted by atomic mass is 10.1. The maximum Gasteiger partial charge on any atom is 0.259 e. The molecule has 2 aromatic heterocycles. The summed E-state index contributed by atoms with van der Waals surface area (Å²) in [6.45, 7) is 0.886. The number of ether oxygens (including phenoxy) is 2. The van der Waals surface area contributed by atoms with E-state index in [1.807, 2.05) is 14.1 Å². The molecule has 0 bridgehead atoms. The minimum Gasteiger partial charge on any atom is -0.481 e. The van der Waals surface area contributed by atoms with E-state index >= 15 is 0 Å². The molecule has 3 heterocycles. The van der Waals surface area contributed by atoms with Crippen molar-refractivity contribution in [2.75, 3.05) is 46.3 Å². The van der Waals surface area contributed by atoms with Crippen molar-refractivity contribution >= 4 is 11.9 Å². The predicted molar refractivity (Wildman–Crippen MR) is 99.8 cm³/mol. The van der Waals surface area contributed by atoms with Gasteiger partial charge in [-0.25, -0.2) is 4.98 Å². The van der Waals surface area contributed by atoms with Gasteiger partial charge in [-0.2, -0.15) is 4.98 Å². The molecule has 0 saturated heterocycles. The minimum absolute atomic E-state index is 0.151. The van der Waals surface area contributed by atoms with Crippen LogP contribution < -0.4 is 19.9 Å². The van der Waals surface area contributed by atoms with Crippen LogP contribution in [0.2, 0.25) is 0 Å². The molecule has 1 aliphatic heterocycles. The smallest absolute Gasteiger partial charge is 0.259 e. The third-order valence-corrected chi connectivity index (χ3v) is 4.52. The first-order chi connectivity index (χ1) is 12.9. The average molecular weight is 373 g/mol. The van der Waals surface area contributed by atoms with E-state index in [0.29, 0.717) is 48.9 Å². The van der Waals surface area contributed by atoms with Crippen LogP contribution in [0.5, 0.6) is 11.8 Å². The maximum atomic E-state index is 13.0. The number of methoxy groups -OCH3 is 2. The second kappa shape index (κ2) is 7.65. The number of H-pyrrole nitrogens is 1. The minimum atomic E-state index is -0.195. The van der Waals surface area contributed by atoms with Gasteiger partial charge >= 0.3 is 0 Å². The Bertz CT molecular complexity index is 909. The van der Waals surface area contributed by atoms with Crippen LogP contribution in [0.3, 0.4) is 0 Å². The van der Waals surface area contributed by atoms with Gasteiger partial charge in [0.25, 0.3) is 11.5 Å². The Morgan fingerprint density at radius 3 is 2.56 bits per heavy atom. The van der Waals surface area contributed by atoms with Crippen molar-refractivity contribution in [3.05, 3.63) is 39.3 Å². The summed E-state index contributed by atoms with van der Waals surface area (Å²) in [6, 6.07) is 3.26. The largest absolute Gasteiger partial charge is 0.481 e. The van der Waals surface area contributed by atoms with Gasteiger partial charge in [-0.15, -0.1) is 0 Å². The van der Waals surface area contributed by atoms with Gasteiger partial charge in [0, 0.05) is 45.2 Å². The summed E-state index contributed by atoms with van der Waals surface area (Å²) < 4.78 is 10.3. The molecule has 0 aromatic carbocycles. The zero-order valence-electron chi connectivity index (χ0n) is 15.9. The second-order valence-corrected chi connectivity index (χ2v) is 6.41. The monoisotopic (exact) mass is 373 g/mol. The summed E-state index contributed by atoms with van der Waals surface area (Å²) in [7, 11) is 6.60. The molecule has 3 rings (SSSR count). The summed E-state index contributed by atoms with van der Waals surface area (Å²) in [6.07, 6.45) is 0.959. The quantitative estimate of drug-likeness (QED) is 0.832. The molecule has 1 N–H and O–H groups in total. The number of nitrogens with one attached hydrogen (secondary N) is 1. The molecule has 1 aliphatic rings. The summed E-state index contributed by atoms with van der Waals surface area (Å²) in [5, 5.41) is 0. The molecule has 0 atom stereocenters. The number of pyridine rings is 1. The molecular formula is C18H23N5O4.